The zero-order valence-electron chi connectivity index (χ0n) is 6.26. The highest BCUT2D eigenvalue weighted by Crippen LogP contribution is 1.91. The highest BCUT2D eigenvalue weighted by Gasteiger charge is 2.04. The van der Waals surface area contributed by atoms with E-state index in [4.69, 9.17) is 0 Å². The van der Waals surface area contributed by atoms with Gasteiger partial charge >= 0.3 is 0 Å². The Hall–Kier alpha value is 0.240. The smallest absolute Gasteiger partial charge is 0.233 e. The van der Waals surface area contributed by atoms with Crippen molar-refractivity contribution in [2.45, 2.75) is 13.8 Å². The maximum absolute atomic E-state index is 10.9. The van der Waals surface area contributed by atoms with Crippen LogP contribution in [0.4, 0.5) is 0 Å². The molecular formula is C6H13BrClNO. The number of carbonyl (C=O) groups is 1. The number of rotatable bonds is 3. The molecule has 2 nitrogen and oxygen atoms in total. The molecule has 0 heterocycles. The van der Waals surface area contributed by atoms with Crippen molar-refractivity contribution in [2.24, 2.45) is 0 Å². The van der Waals surface area contributed by atoms with E-state index in [1.54, 1.807) is 4.90 Å². The predicted molar refractivity (Wildman–Crippen MR) is 49.0 cm³/mol. The third-order valence-corrected chi connectivity index (χ3v) is 1.71. The van der Waals surface area contributed by atoms with Crippen LogP contribution in [0.15, 0.2) is 0 Å². The molecule has 0 rings (SSSR count). The molecule has 0 radical (unpaired) electrons. The molecule has 1 amide bonds. The van der Waals surface area contributed by atoms with Gasteiger partial charge in [0, 0.05) is 13.1 Å². The van der Waals surface area contributed by atoms with Crippen LogP contribution in [0.3, 0.4) is 0 Å². The predicted octanol–water partition coefficient (Wildman–Crippen LogP) is 1.67. The molecule has 0 unspecified atom stereocenters. The zero-order chi connectivity index (χ0) is 7.28. The number of nitrogens with zero attached hydrogens (tertiary/aromatic N) is 1. The second kappa shape index (κ2) is 7.35. The summed E-state index contributed by atoms with van der Waals surface area (Å²) in [6, 6.07) is 0. The van der Waals surface area contributed by atoms with Crippen LogP contribution >= 0.6 is 28.3 Å². The Morgan fingerprint density at radius 2 is 1.80 bits per heavy atom. The molecule has 0 aromatic carbocycles. The minimum absolute atomic E-state index is 0. The number of halogens is 2. The van der Waals surface area contributed by atoms with E-state index in [9.17, 15) is 4.79 Å². The van der Waals surface area contributed by atoms with E-state index in [-0.39, 0.29) is 18.3 Å². The van der Waals surface area contributed by atoms with Gasteiger partial charge in [0.15, 0.2) is 0 Å². The van der Waals surface area contributed by atoms with Gasteiger partial charge in [0.25, 0.3) is 0 Å². The Morgan fingerprint density at radius 3 is 1.90 bits per heavy atom. The van der Waals surface area contributed by atoms with E-state index in [0.29, 0.717) is 5.33 Å². The molecule has 0 aromatic rings. The minimum atomic E-state index is 0. The summed E-state index contributed by atoms with van der Waals surface area (Å²) in [6.07, 6.45) is 0. The normalized spacial score (nSPS) is 8.30. The van der Waals surface area contributed by atoms with Crippen molar-refractivity contribution in [3.8, 4) is 0 Å². The maximum atomic E-state index is 10.9. The number of hydrogen-bond acceptors (Lipinski definition) is 1. The molecule has 0 saturated heterocycles. The minimum Gasteiger partial charge on any atom is -0.343 e. The summed E-state index contributed by atoms with van der Waals surface area (Å²) < 4.78 is 0. The lowest BCUT2D eigenvalue weighted by Gasteiger charge is -2.16. The molecule has 0 aliphatic rings. The largest absolute Gasteiger partial charge is 0.343 e. The van der Waals surface area contributed by atoms with Crippen molar-refractivity contribution in [2.75, 3.05) is 18.4 Å². The average Bonchev–Trinajstić information content (AvgIpc) is 1.90. The summed E-state index contributed by atoms with van der Waals surface area (Å²) in [5.41, 5.74) is 0. The van der Waals surface area contributed by atoms with Crippen molar-refractivity contribution in [1.82, 2.24) is 4.90 Å². The van der Waals surface area contributed by atoms with Crippen molar-refractivity contribution in [1.29, 1.82) is 0 Å². The lowest BCUT2D eigenvalue weighted by molar-refractivity contribution is -0.127. The molecule has 0 atom stereocenters. The molecular weight excluding hydrogens is 217 g/mol. The lowest BCUT2D eigenvalue weighted by Crippen LogP contribution is -2.31. The molecule has 0 fully saturated rings. The number of alkyl halides is 1. The second-order valence-corrected chi connectivity index (χ2v) is 2.26. The van der Waals surface area contributed by atoms with E-state index < -0.39 is 0 Å². The van der Waals surface area contributed by atoms with Crippen molar-refractivity contribution in [3.05, 3.63) is 0 Å². The Labute approximate surface area is 76.5 Å². The van der Waals surface area contributed by atoms with E-state index in [1.165, 1.54) is 0 Å². The monoisotopic (exact) mass is 229 g/mol. The highest BCUT2D eigenvalue weighted by atomic mass is 79.9. The summed E-state index contributed by atoms with van der Waals surface area (Å²) in [7, 11) is 0. The zero-order valence-corrected chi connectivity index (χ0v) is 8.67. The third kappa shape index (κ3) is 4.12. The number of carbonyl (C=O) groups excluding carboxylic acids is 1. The van der Waals surface area contributed by atoms with Crippen LogP contribution in [0.5, 0.6) is 0 Å². The van der Waals surface area contributed by atoms with Crippen LogP contribution in [-0.2, 0) is 4.79 Å². The summed E-state index contributed by atoms with van der Waals surface area (Å²) in [5.74, 6) is 0.167. The first-order valence-corrected chi connectivity index (χ1v) is 4.22. The molecule has 0 N–H and O–H groups in total. The van der Waals surface area contributed by atoms with Gasteiger partial charge in [-0.1, -0.05) is 15.9 Å². The third-order valence-electron chi connectivity index (χ3n) is 1.23. The molecule has 10 heavy (non-hydrogen) atoms. The Balaban J connectivity index is 0. The molecule has 0 bridgehead atoms. The standard InChI is InChI=1S/C6H12BrNO.ClH/c1-3-8(4-2)6(9)5-7;/h3-5H2,1-2H3;1H. The van der Waals surface area contributed by atoms with Gasteiger partial charge in [-0.2, -0.15) is 0 Å². The van der Waals surface area contributed by atoms with Crippen LogP contribution in [0.2, 0.25) is 0 Å². The van der Waals surface area contributed by atoms with Gasteiger partial charge < -0.3 is 4.90 Å². The first-order valence-electron chi connectivity index (χ1n) is 3.10. The van der Waals surface area contributed by atoms with Crippen LogP contribution in [0.1, 0.15) is 13.8 Å². The van der Waals surface area contributed by atoms with E-state index >= 15 is 0 Å². The van der Waals surface area contributed by atoms with Crippen LogP contribution in [-0.4, -0.2) is 29.2 Å². The molecule has 0 aliphatic carbocycles. The summed E-state index contributed by atoms with van der Waals surface area (Å²) >= 11 is 3.11. The van der Waals surface area contributed by atoms with Crippen LogP contribution < -0.4 is 0 Å². The van der Waals surface area contributed by atoms with Crippen LogP contribution in [0, 0.1) is 0 Å². The van der Waals surface area contributed by atoms with E-state index in [2.05, 4.69) is 15.9 Å². The molecule has 0 saturated carbocycles. The number of amides is 1. The maximum Gasteiger partial charge on any atom is 0.233 e. The van der Waals surface area contributed by atoms with Gasteiger partial charge in [0.2, 0.25) is 5.91 Å². The molecule has 0 aliphatic heterocycles. The van der Waals surface area contributed by atoms with Crippen molar-refractivity contribution >= 4 is 34.2 Å². The summed E-state index contributed by atoms with van der Waals surface area (Å²) in [4.78, 5) is 12.6. The Bertz CT molecular complexity index is 95.7. The molecule has 4 heteroatoms. The van der Waals surface area contributed by atoms with Gasteiger partial charge in [-0.25, -0.2) is 0 Å². The fraction of sp³-hybridized carbons (Fsp3) is 0.833. The van der Waals surface area contributed by atoms with Gasteiger partial charge in [0.1, 0.15) is 0 Å². The first-order chi connectivity index (χ1) is 4.26. The van der Waals surface area contributed by atoms with Gasteiger partial charge in [-0.15, -0.1) is 12.4 Å². The Kier molecular flexibility index (Phi) is 9.46. The molecule has 62 valence electrons. The summed E-state index contributed by atoms with van der Waals surface area (Å²) in [6.45, 7) is 5.57. The molecule has 0 aromatic heterocycles. The van der Waals surface area contributed by atoms with Crippen LogP contribution in [0.25, 0.3) is 0 Å². The van der Waals surface area contributed by atoms with Crippen molar-refractivity contribution < 1.29 is 4.79 Å². The quantitative estimate of drug-likeness (QED) is 0.676. The fourth-order valence-electron chi connectivity index (χ4n) is 0.661. The SMILES string of the molecule is CCN(CC)C(=O)CBr.Cl. The fourth-order valence-corrected chi connectivity index (χ4v) is 1.02. The van der Waals surface area contributed by atoms with Gasteiger partial charge in [0.05, 0.1) is 5.33 Å². The summed E-state index contributed by atoms with van der Waals surface area (Å²) in [5, 5.41) is 0.439. The second-order valence-electron chi connectivity index (χ2n) is 1.70. The molecule has 0 spiro atoms. The lowest BCUT2D eigenvalue weighted by atomic mass is 10.5. The van der Waals surface area contributed by atoms with Gasteiger partial charge in [-0.05, 0) is 13.8 Å². The average molecular weight is 231 g/mol. The topological polar surface area (TPSA) is 20.3 Å². The highest BCUT2D eigenvalue weighted by molar-refractivity contribution is 9.09. The van der Waals surface area contributed by atoms with Crippen molar-refractivity contribution in [3.63, 3.8) is 0 Å². The van der Waals surface area contributed by atoms with Gasteiger partial charge in [-0.3, -0.25) is 4.79 Å². The number of hydrogen-bond donors (Lipinski definition) is 0. The van der Waals surface area contributed by atoms with E-state index in [0.717, 1.165) is 13.1 Å². The Morgan fingerprint density at radius 1 is 1.40 bits per heavy atom. The van der Waals surface area contributed by atoms with E-state index in [1.807, 2.05) is 13.8 Å². The first kappa shape index (κ1) is 12.9.